The van der Waals surface area contributed by atoms with Crippen molar-refractivity contribution >= 4 is 11.8 Å². The fraction of sp³-hybridized carbons (Fsp3) is 0.391. The Morgan fingerprint density at radius 2 is 2.06 bits per heavy atom. The number of hydrogen-bond donors (Lipinski definition) is 1. The molecule has 35 heavy (non-hydrogen) atoms. The smallest absolute Gasteiger partial charge is 0.411 e. The number of carbonyl (C=O) groups excluding carboxylic acids is 1. The Labute approximate surface area is 199 Å². The highest BCUT2D eigenvalue weighted by Crippen LogP contribution is 2.29. The van der Waals surface area contributed by atoms with Gasteiger partial charge in [-0.25, -0.2) is 9.48 Å². The zero-order chi connectivity index (χ0) is 25.2. The second kappa shape index (κ2) is 9.90. The van der Waals surface area contributed by atoms with Crippen LogP contribution >= 0.6 is 0 Å². The topological polar surface area (TPSA) is 94.3 Å². The Hall–Kier alpha value is -3.67. The second-order valence-corrected chi connectivity index (χ2v) is 8.58. The lowest BCUT2D eigenvalue weighted by molar-refractivity contribution is -0.195. The second-order valence-electron chi connectivity index (χ2n) is 8.58. The molecule has 1 aliphatic heterocycles. The predicted octanol–water partition coefficient (Wildman–Crippen LogP) is 2.99. The molecule has 1 saturated heterocycles. The van der Waals surface area contributed by atoms with E-state index in [1.807, 2.05) is 6.07 Å². The van der Waals surface area contributed by atoms with Crippen molar-refractivity contribution in [2.24, 2.45) is 13.0 Å². The number of nitrogens with one attached hydrogen (secondary N) is 1. The molecule has 0 bridgehead atoms. The maximum atomic E-state index is 12.7. The average molecular weight is 490 g/mol. The summed E-state index contributed by atoms with van der Waals surface area (Å²) in [5, 5.41) is 11.1. The van der Waals surface area contributed by atoms with Gasteiger partial charge in [0.25, 0.3) is 0 Å². The quantitative estimate of drug-likeness (QED) is 0.547. The van der Waals surface area contributed by atoms with Crippen molar-refractivity contribution in [3.63, 3.8) is 0 Å². The number of alkyl halides is 3. The number of rotatable bonds is 7. The normalized spacial score (nSPS) is 15.5. The number of aromatic nitrogens is 4. The predicted molar refractivity (Wildman–Crippen MR) is 121 cm³/mol. The minimum atomic E-state index is -4.27. The Bertz CT molecular complexity index is 1250. The molecule has 1 atom stereocenters. The van der Waals surface area contributed by atoms with Crippen LogP contribution in [0.25, 0.3) is 5.69 Å². The van der Waals surface area contributed by atoms with Gasteiger partial charge >= 0.3 is 12.3 Å². The highest BCUT2D eigenvalue weighted by atomic mass is 19.4. The van der Waals surface area contributed by atoms with Crippen LogP contribution in [-0.2, 0) is 18.2 Å². The van der Waals surface area contributed by atoms with Gasteiger partial charge in [-0.2, -0.15) is 23.4 Å². The van der Waals surface area contributed by atoms with Gasteiger partial charge in [-0.3, -0.25) is 19.7 Å². The van der Waals surface area contributed by atoms with Crippen molar-refractivity contribution < 1.29 is 22.7 Å². The average Bonchev–Trinajstić information content (AvgIpc) is 3.20. The summed E-state index contributed by atoms with van der Waals surface area (Å²) < 4.78 is 46.6. The van der Waals surface area contributed by atoms with Gasteiger partial charge in [0.15, 0.2) is 0 Å². The van der Waals surface area contributed by atoms with Crippen LogP contribution in [0.1, 0.15) is 18.2 Å². The zero-order valence-electron chi connectivity index (χ0n) is 19.2. The molecule has 1 aliphatic rings. The van der Waals surface area contributed by atoms with Gasteiger partial charge in [-0.1, -0.05) is 12.1 Å². The number of carbonyl (C=O) groups is 1. The van der Waals surface area contributed by atoms with E-state index in [-0.39, 0.29) is 37.5 Å². The fourth-order valence-electron chi connectivity index (χ4n) is 3.78. The van der Waals surface area contributed by atoms with Gasteiger partial charge in [0.2, 0.25) is 5.43 Å². The maximum Gasteiger partial charge on any atom is 0.411 e. The highest BCUT2D eigenvalue weighted by molar-refractivity contribution is 5.84. The number of likely N-dealkylation sites (tertiary alicyclic amines) is 1. The summed E-state index contributed by atoms with van der Waals surface area (Å²) in [6, 6.07) is 6.85. The summed E-state index contributed by atoms with van der Waals surface area (Å²) >= 11 is 0. The third-order valence-corrected chi connectivity index (χ3v) is 5.84. The van der Waals surface area contributed by atoms with Crippen molar-refractivity contribution in [1.82, 2.24) is 24.5 Å². The third kappa shape index (κ3) is 6.07. The summed E-state index contributed by atoms with van der Waals surface area (Å²) in [5.41, 5.74) is 2.06. The first-order valence-electron chi connectivity index (χ1n) is 11.0. The van der Waals surface area contributed by atoms with Crippen molar-refractivity contribution in [1.29, 1.82) is 0 Å². The van der Waals surface area contributed by atoms with E-state index < -0.39 is 18.3 Å². The number of halogens is 3. The number of nitrogens with zero attached hydrogens (tertiary/aromatic N) is 5. The Morgan fingerprint density at radius 1 is 1.29 bits per heavy atom. The van der Waals surface area contributed by atoms with Gasteiger partial charge in [0.05, 0.1) is 19.0 Å². The molecule has 2 aromatic heterocycles. The van der Waals surface area contributed by atoms with Crippen LogP contribution < -0.4 is 10.7 Å². The van der Waals surface area contributed by atoms with E-state index in [1.54, 1.807) is 53.2 Å². The van der Waals surface area contributed by atoms with Gasteiger partial charge < -0.3 is 4.74 Å². The molecule has 0 saturated carbocycles. The van der Waals surface area contributed by atoms with Crippen LogP contribution in [0, 0.1) is 5.92 Å². The third-order valence-electron chi connectivity index (χ3n) is 5.84. The lowest BCUT2D eigenvalue weighted by Crippen LogP contribution is -2.57. The molecule has 1 aromatic carbocycles. The number of hydrogen-bond acceptors (Lipinski definition) is 6. The van der Waals surface area contributed by atoms with Crippen molar-refractivity contribution in [3.05, 3.63) is 70.4 Å². The molecule has 3 aromatic rings. The Kier molecular flexibility index (Phi) is 6.92. The molecule has 1 unspecified atom stereocenters. The molecule has 1 fully saturated rings. The summed E-state index contributed by atoms with van der Waals surface area (Å²) in [5.74, 6) is -0.136. The zero-order valence-corrected chi connectivity index (χ0v) is 19.2. The van der Waals surface area contributed by atoms with Crippen molar-refractivity contribution in [3.8, 4) is 5.69 Å². The molecule has 0 aliphatic carbocycles. The van der Waals surface area contributed by atoms with E-state index in [4.69, 9.17) is 4.74 Å². The monoisotopic (exact) mass is 490 g/mol. The van der Waals surface area contributed by atoms with Crippen molar-refractivity contribution in [2.45, 2.75) is 25.6 Å². The van der Waals surface area contributed by atoms with Crippen molar-refractivity contribution in [2.75, 3.05) is 25.0 Å². The van der Waals surface area contributed by atoms with Gasteiger partial charge in [-0.05, 0) is 24.6 Å². The number of benzene rings is 1. The minimum absolute atomic E-state index is 0.0361. The van der Waals surface area contributed by atoms with Crippen LogP contribution in [0.5, 0.6) is 0 Å². The van der Waals surface area contributed by atoms with E-state index in [9.17, 15) is 22.8 Å². The number of anilines is 1. The summed E-state index contributed by atoms with van der Waals surface area (Å²) in [4.78, 5) is 25.8. The molecule has 9 nitrogen and oxygen atoms in total. The molecule has 1 amide bonds. The van der Waals surface area contributed by atoms with Crippen LogP contribution in [-0.4, -0.2) is 62.5 Å². The molecule has 12 heteroatoms. The largest absolute Gasteiger partial charge is 0.449 e. The van der Waals surface area contributed by atoms with Gasteiger partial charge in [-0.15, -0.1) is 0 Å². The SMILES string of the molecule is CC(N1CC(COC(=O)Nc2cccc(Cc3nn(-c4cnn(C)c4)ccc3=O)c2)C1)C(F)(F)F. The minimum Gasteiger partial charge on any atom is -0.449 e. The standard InChI is InChI=1S/C23H25F3N6O3/c1-15(23(24,25)26)31-11-17(12-31)14-35-22(34)28-18-5-3-4-16(8-18)9-20-21(33)6-7-32(29-20)19-10-27-30(2)13-19/h3-8,10,13,15,17H,9,11-12,14H2,1-2H3,(H,28,34). The highest BCUT2D eigenvalue weighted by Gasteiger charge is 2.44. The number of aryl methyl sites for hydroxylation is 1. The van der Waals surface area contributed by atoms with E-state index in [0.717, 1.165) is 12.5 Å². The van der Waals surface area contributed by atoms with Gasteiger partial charge in [0, 0.05) is 50.4 Å². The van der Waals surface area contributed by atoms with Gasteiger partial charge in [0.1, 0.15) is 17.4 Å². The molecular formula is C23H25F3N6O3. The summed E-state index contributed by atoms with van der Waals surface area (Å²) in [7, 11) is 1.78. The van der Waals surface area contributed by atoms with E-state index in [1.165, 1.54) is 11.0 Å². The number of amides is 1. The van der Waals surface area contributed by atoms with E-state index in [2.05, 4.69) is 15.5 Å². The molecule has 0 spiro atoms. The maximum absolute atomic E-state index is 12.7. The van der Waals surface area contributed by atoms with Crippen LogP contribution in [0.2, 0.25) is 0 Å². The van der Waals surface area contributed by atoms with E-state index in [0.29, 0.717) is 17.1 Å². The Balaban J connectivity index is 1.31. The lowest BCUT2D eigenvalue weighted by Gasteiger charge is -2.43. The molecule has 4 rings (SSSR count). The molecule has 186 valence electrons. The lowest BCUT2D eigenvalue weighted by atomic mass is 9.99. The van der Waals surface area contributed by atoms with Crippen LogP contribution in [0.4, 0.5) is 23.7 Å². The molecular weight excluding hydrogens is 465 g/mol. The summed E-state index contributed by atoms with van der Waals surface area (Å²) in [6.07, 6.45) is 0.267. The Morgan fingerprint density at radius 3 is 2.74 bits per heavy atom. The first kappa shape index (κ1) is 24.5. The molecule has 1 N–H and O–H groups in total. The fourth-order valence-corrected chi connectivity index (χ4v) is 3.78. The van der Waals surface area contributed by atoms with Crippen LogP contribution in [0.15, 0.2) is 53.7 Å². The van der Waals surface area contributed by atoms with Crippen LogP contribution in [0.3, 0.4) is 0 Å². The first-order chi connectivity index (χ1) is 16.6. The molecule has 0 radical (unpaired) electrons. The number of ether oxygens (including phenoxy) is 1. The van der Waals surface area contributed by atoms with E-state index >= 15 is 0 Å². The molecule has 3 heterocycles. The first-order valence-corrected chi connectivity index (χ1v) is 11.0. The summed E-state index contributed by atoms with van der Waals surface area (Å²) in [6.45, 7) is 1.61.